The van der Waals surface area contributed by atoms with E-state index in [1.807, 2.05) is 32.9 Å². The zero-order valence-electron chi connectivity index (χ0n) is 24.4. The second-order valence-corrected chi connectivity index (χ2v) is 11.7. The number of hydrogen-bond acceptors (Lipinski definition) is 3. The third kappa shape index (κ3) is 4.94. The van der Waals surface area contributed by atoms with E-state index in [4.69, 9.17) is 9.07 Å². The molecule has 1 aromatic heterocycles. The van der Waals surface area contributed by atoms with Gasteiger partial charge in [0.2, 0.25) is 0 Å². The molecule has 4 heteroatoms. The zero-order valence-corrected chi connectivity index (χ0v) is 24.4. The van der Waals surface area contributed by atoms with Crippen molar-refractivity contribution in [1.82, 2.24) is 0 Å². The van der Waals surface area contributed by atoms with E-state index >= 15 is 0 Å². The summed E-state index contributed by atoms with van der Waals surface area (Å²) in [7, 11) is 0.372. The van der Waals surface area contributed by atoms with E-state index in [1.165, 1.54) is 32.7 Å². The van der Waals surface area contributed by atoms with Gasteiger partial charge in [0.1, 0.15) is 11.3 Å². The normalized spacial score (nSPS) is 12.6. The van der Waals surface area contributed by atoms with Crippen LogP contribution in [0.3, 0.4) is 0 Å². The molecule has 4 aromatic carbocycles. The minimum absolute atomic E-state index is 0.372. The lowest BCUT2D eigenvalue weighted by molar-refractivity contribution is -0.0893. The van der Waals surface area contributed by atoms with Gasteiger partial charge in [0.05, 0.1) is 11.2 Å². The third-order valence-corrected chi connectivity index (χ3v) is 8.39. The molecule has 0 aliphatic heterocycles. The molecule has 0 fully saturated rings. The molecule has 202 valence electrons. The van der Waals surface area contributed by atoms with Crippen molar-refractivity contribution in [2.75, 3.05) is 0 Å². The van der Waals surface area contributed by atoms with Crippen LogP contribution in [0.4, 0.5) is 0 Å². The highest BCUT2D eigenvalue weighted by Crippen LogP contribution is 2.36. The maximum atomic E-state index is 10.4. The summed E-state index contributed by atoms with van der Waals surface area (Å²) in [6, 6.07) is 23.2. The van der Waals surface area contributed by atoms with Crippen molar-refractivity contribution in [2.24, 2.45) is 0 Å². The smallest absolute Gasteiger partial charge is 0.309 e. The average Bonchev–Trinajstić information content (AvgIpc) is 3.25. The second-order valence-electron chi connectivity index (χ2n) is 11.7. The lowest BCUT2D eigenvalue weighted by Crippen LogP contribution is -2.49. The van der Waals surface area contributed by atoms with Crippen LogP contribution in [0.25, 0.3) is 44.2 Å². The molecule has 1 N–H and O–H groups in total. The largest absolute Gasteiger partial charge is 0.461 e. The lowest BCUT2D eigenvalue weighted by atomic mass is 9.82. The van der Waals surface area contributed by atoms with Gasteiger partial charge in [-0.15, -0.1) is 0 Å². The van der Waals surface area contributed by atoms with E-state index in [2.05, 4.69) is 86.8 Å². The first-order valence-electron chi connectivity index (χ1n) is 13.7. The Morgan fingerprint density at radius 3 is 2.10 bits per heavy atom. The van der Waals surface area contributed by atoms with E-state index in [0.717, 1.165) is 38.9 Å². The maximum absolute atomic E-state index is 10.4. The molecular formula is C36H37BO3. The van der Waals surface area contributed by atoms with Crippen LogP contribution >= 0.6 is 0 Å². The second kappa shape index (κ2) is 10.3. The van der Waals surface area contributed by atoms with Crippen LogP contribution in [0.2, 0.25) is 0 Å². The van der Waals surface area contributed by atoms with Gasteiger partial charge in [-0.25, -0.2) is 0 Å². The lowest BCUT2D eigenvalue weighted by Gasteiger charge is -2.37. The van der Waals surface area contributed by atoms with E-state index in [0.29, 0.717) is 7.48 Å². The molecule has 0 amide bonds. The monoisotopic (exact) mass is 528 g/mol. The van der Waals surface area contributed by atoms with Gasteiger partial charge in [0.25, 0.3) is 0 Å². The molecule has 0 radical (unpaired) electrons. The van der Waals surface area contributed by atoms with E-state index < -0.39 is 11.2 Å². The minimum Gasteiger partial charge on any atom is -0.461 e. The van der Waals surface area contributed by atoms with E-state index in [1.54, 1.807) is 13.8 Å². The molecule has 0 saturated carbocycles. The molecule has 5 aromatic rings. The fourth-order valence-corrected chi connectivity index (χ4v) is 5.17. The molecule has 1 heterocycles. The highest BCUT2D eigenvalue weighted by Gasteiger charge is 2.35. The molecule has 0 aliphatic carbocycles. The van der Waals surface area contributed by atoms with E-state index in [-0.39, 0.29) is 0 Å². The van der Waals surface area contributed by atoms with Gasteiger partial charge in [-0.1, -0.05) is 86.0 Å². The molecule has 0 unspecified atom stereocenters. The van der Waals surface area contributed by atoms with Gasteiger partial charge in [-0.05, 0) is 96.9 Å². The third-order valence-electron chi connectivity index (χ3n) is 8.39. The summed E-state index contributed by atoms with van der Waals surface area (Å²) >= 11 is 0. The van der Waals surface area contributed by atoms with Gasteiger partial charge in [-0.3, -0.25) is 0 Å². The Hall–Kier alpha value is -3.86. The van der Waals surface area contributed by atoms with Gasteiger partial charge < -0.3 is 14.2 Å². The zero-order chi connectivity index (χ0) is 28.8. The summed E-state index contributed by atoms with van der Waals surface area (Å²) < 4.78 is 12.2. The highest BCUT2D eigenvalue weighted by molar-refractivity contribution is 6.47. The van der Waals surface area contributed by atoms with Crippen LogP contribution in [0.15, 0.2) is 96.0 Å². The molecule has 0 saturated heterocycles. The predicted octanol–water partition coefficient (Wildman–Crippen LogP) is 8.18. The minimum atomic E-state index is -0.963. The highest BCUT2D eigenvalue weighted by atomic mass is 16.5. The molecule has 3 nitrogen and oxygen atoms in total. The Labute approximate surface area is 237 Å². The number of benzene rings is 4. The molecule has 0 atom stereocenters. The SMILES string of the molecule is C=C(/C=C\c1c(C)c2ccccc2c2ccccc12)C(=C)c1c(C)oc2cc(BOC(C)(C)C(C)(C)O)ccc12. The van der Waals surface area contributed by atoms with Crippen molar-refractivity contribution < 1.29 is 14.2 Å². The molecule has 0 aliphatic rings. The number of allylic oxidation sites excluding steroid dienone is 3. The predicted molar refractivity (Wildman–Crippen MR) is 173 cm³/mol. The first-order chi connectivity index (χ1) is 18.9. The maximum Gasteiger partial charge on any atom is 0.309 e. The van der Waals surface area contributed by atoms with Gasteiger partial charge >= 0.3 is 7.48 Å². The number of furan rings is 1. The number of aliphatic hydroxyl groups is 1. The van der Waals surface area contributed by atoms with Crippen LogP contribution in [-0.4, -0.2) is 23.8 Å². The van der Waals surface area contributed by atoms with Crippen LogP contribution in [0.1, 0.15) is 50.1 Å². The Balaban J connectivity index is 1.44. The molecule has 0 bridgehead atoms. The Bertz CT molecular complexity index is 1810. The van der Waals surface area contributed by atoms with Crippen molar-refractivity contribution in [1.29, 1.82) is 0 Å². The van der Waals surface area contributed by atoms with Crippen molar-refractivity contribution in [3.05, 3.63) is 114 Å². The van der Waals surface area contributed by atoms with Gasteiger partial charge in [0, 0.05) is 10.9 Å². The Kier molecular flexibility index (Phi) is 7.12. The standard InChI is InChI=1S/C36H37BO3/c1-22(17-19-28-24(3)27-13-9-10-14-29(27)31-16-12-11-15-30(28)31)23(2)34-25(4)39-33-21-26(18-20-32(33)34)37-40-36(7,8)35(5,6)38/h9-21,37-38H,1-2H2,3-8H3/b19-17-. The molecular weight excluding hydrogens is 491 g/mol. The summed E-state index contributed by atoms with van der Waals surface area (Å²) in [5, 5.41) is 16.4. The number of aryl methyl sites for hydroxylation is 2. The van der Waals surface area contributed by atoms with Crippen LogP contribution in [-0.2, 0) is 4.65 Å². The topological polar surface area (TPSA) is 42.6 Å². The van der Waals surface area contributed by atoms with Crippen molar-refractivity contribution in [3.8, 4) is 0 Å². The quantitative estimate of drug-likeness (QED) is 0.125. The average molecular weight is 529 g/mol. The Morgan fingerprint density at radius 1 is 0.850 bits per heavy atom. The summed E-state index contributed by atoms with van der Waals surface area (Å²) in [4.78, 5) is 0. The van der Waals surface area contributed by atoms with Crippen molar-refractivity contribution in [2.45, 2.75) is 52.7 Å². The van der Waals surface area contributed by atoms with Crippen LogP contribution < -0.4 is 5.46 Å². The fraction of sp³-hybridized carbons (Fsp3) is 0.222. The number of fused-ring (bicyclic) bond motifs is 4. The van der Waals surface area contributed by atoms with Crippen molar-refractivity contribution >= 4 is 57.1 Å². The number of rotatable bonds is 8. The Morgan fingerprint density at radius 2 is 1.45 bits per heavy atom. The molecule has 0 spiro atoms. The van der Waals surface area contributed by atoms with Crippen molar-refractivity contribution in [3.63, 3.8) is 0 Å². The first kappa shape index (κ1) is 27.7. The summed E-state index contributed by atoms with van der Waals surface area (Å²) in [5.41, 5.74) is 5.18. The van der Waals surface area contributed by atoms with Crippen LogP contribution in [0, 0.1) is 13.8 Å². The molecule has 5 rings (SSSR count). The van der Waals surface area contributed by atoms with E-state index in [9.17, 15) is 5.11 Å². The van der Waals surface area contributed by atoms with Gasteiger partial charge in [0.15, 0.2) is 0 Å². The first-order valence-corrected chi connectivity index (χ1v) is 13.7. The molecule has 40 heavy (non-hydrogen) atoms. The summed E-state index contributed by atoms with van der Waals surface area (Å²) in [6.45, 7) is 20.2. The van der Waals surface area contributed by atoms with Crippen LogP contribution in [0.5, 0.6) is 0 Å². The van der Waals surface area contributed by atoms with Gasteiger partial charge in [-0.2, -0.15) is 0 Å². The summed E-state index contributed by atoms with van der Waals surface area (Å²) in [6.07, 6.45) is 4.22. The summed E-state index contributed by atoms with van der Waals surface area (Å²) in [5.74, 6) is 0.803. The fourth-order valence-electron chi connectivity index (χ4n) is 5.17. The number of hydrogen-bond donors (Lipinski definition) is 1.